The Morgan fingerprint density at radius 3 is 2.32 bits per heavy atom. The molecule has 0 aliphatic carbocycles. The predicted octanol–water partition coefficient (Wildman–Crippen LogP) is 3.73. The second kappa shape index (κ2) is 7.89. The molecule has 128 valence electrons. The molecule has 0 heterocycles. The fourth-order valence-corrected chi connectivity index (χ4v) is 2.36. The van der Waals surface area contributed by atoms with Crippen LogP contribution in [0, 0.1) is 28.5 Å². The number of halogens is 1. The first kappa shape index (κ1) is 17.9. The van der Waals surface area contributed by atoms with Gasteiger partial charge >= 0.3 is 0 Å². The lowest BCUT2D eigenvalue weighted by atomic mass is 10.0. The zero-order valence-corrected chi connectivity index (χ0v) is 14.0. The Morgan fingerprint density at radius 2 is 1.76 bits per heavy atom. The smallest absolute Gasteiger partial charge is 0.200 e. The molecule has 0 fully saturated rings. The van der Waals surface area contributed by atoms with Crippen LogP contribution in [0.5, 0.6) is 17.2 Å². The van der Waals surface area contributed by atoms with Gasteiger partial charge in [-0.2, -0.15) is 10.5 Å². The summed E-state index contributed by atoms with van der Waals surface area (Å²) in [5.41, 5.74) is 0.148. The van der Waals surface area contributed by atoms with Gasteiger partial charge < -0.3 is 19.5 Å². The molecule has 2 aromatic rings. The zero-order valence-electron chi connectivity index (χ0n) is 14.0. The largest absolute Gasteiger partial charge is 0.494 e. The van der Waals surface area contributed by atoms with Crippen molar-refractivity contribution in [3.63, 3.8) is 0 Å². The molecule has 0 aliphatic heterocycles. The van der Waals surface area contributed by atoms with E-state index in [0.29, 0.717) is 18.0 Å². The van der Waals surface area contributed by atoms with E-state index in [1.54, 1.807) is 30.3 Å². The number of benzene rings is 2. The van der Waals surface area contributed by atoms with Crippen LogP contribution in [0.4, 0.5) is 15.8 Å². The number of nitriles is 2. The molecular weight excluding hydrogens is 325 g/mol. The van der Waals surface area contributed by atoms with Gasteiger partial charge in [-0.3, -0.25) is 0 Å². The SMILES string of the molecule is CCOc1cccc(Nc2c(C#N)c(C#N)c(F)c(OC)c2OC)c1. The van der Waals surface area contributed by atoms with E-state index in [1.165, 1.54) is 14.2 Å². The molecule has 6 nitrogen and oxygen atoms in total. The Balaban J connectivity index is 2.66. The number of anilines is 2. The van der Waals surface area contributed by atoms with Gasteiger partial charge in [-0.1, -0.05) is 6.07 Å². The molecular formula is C18H16FN3O3. The van der Waals surface area contributed by atoms with Gasteiger partial charge in [0, 0.05) is 11.8 Å². The monoisotopic (exact) mass is 341 g/mol. The molecule has 0 spiro atoms. The van der Waals surface area contributed by atoms with Crippen molar-refractivity contribution >= 4 is 11.4 Å². The lowest BCUT2D eigenvalue weighted by molar-refractivity contribution is 0.338. The van der Waals surface area contributed by atoms with E-state index >= 15 is 0 Å². The first-order valence-corrected chi connectivity index (χ1v) is 7.38. The van der Waals surface area contributed by atoms with Crippen LogP contribution in [0.3, 0.4) is 0 Å². The van der Waals surface area contributed by atoms with Crippen LogP contribution >= 0.6 is 0 Å². The van der Waals surface area contributed by atoms with Gasteiger partial charge in [0.2, 0.25) is 5.75 Å². The van der Waals surface area contributed by atoms with Crippen molar-refractivity contribution in [3.05, 3.63) is 41.2 Å². The number of rotatable bonds is 6. The molecule has 7 heteroatoms. The summed E-state index contributed by atoms with van der Waals surface area (Å²) in [6, 6.07) is 10.5. The van der Waals surface area contributed by atoms with Crippen LogP contribution < -0.4 is 19.5 Å². The predicted molar refractivity (Wildman–Crippen MR) is 89.8 cm³/mol. The standard InChI is InChI=1S/C18H16FN3O3/c1-4-25-12-7-5-6-11(8-12)22-16-14(10-21)13(9-20)15(19)17(23-2)18(16)24-3/h5-8,22H,4H2,1-3H3. The molecule has 0 atom stereocenters. The third-order valence-electron chi connectivity index (χ3n) is 3.40. The van der Waals surface area contributed by atoms with Crippen molar-refractivity contribution in [3.8, 4) is 29.4 Å². The van der Waals surface area contributed by atoms with Crippen molar-refractivity contribution in [2.75, 3.05) is 26.1 Å². The molecule has 0 unspecified atom stereocenters. The van der Waals surface area contributed by atoms with Crippen LogP contribution in [0.15, 0.2) is 24.3 Å². The summed E-state index contributed by atoms with van der Waals surface area (Å²) < 4.78 is 30.1. The highest BCUT2D eigenvalue weighted by Gasteiger charge is 2.26. The Bertz CT molecular complexity index is 869. The van der Waals surface area contributed by atoms with Crippen LogP contribution in [-0.4, -0.2) is 20.8 Å². The summed E-state index contributed by atoms with van der Waals surface area (Å²) in [7, 11) is 2.58. The maximum absolute atomic E-state index is 14.4. The second-order valence-electron chi connectivity index (χ2n) is 4.81. The van der Waals surface area contributed by atoms with Crippen molar-refractivity contribution < 1.29 is 18.6 Å². The fourth-order valence-electron chi connectivity index (χ4n) is 2.36. The van der Waals surface area contributed by atoms with Crippen LogP contribution in [0.1, 0.15) is 18.1 Å². The van der Waals surface area contributed by atoms with E-state index in [4.69, 9.17) is 14.2 Å². The summed E-state index contributed by atoms with van der Waals surface area (Å²) >= 11 is 0. The summed E-state index contributed by atoms with van der Waals surface area (Å²) in [6.07, 6.45) is 0. The molecule has 0 aromatic heterocycles. The third-order valence-corrected chi connectivity index (χ3v) is 3.40. The molecule has 25 heavy (non-hydrogen) atoms. The molecule has 2 aromatic carbocycles. The quantitative estimate of drug-likeness (QED) is 0.861. The van der Waals surface area contributed by atoms with Crippen LogP contribution in [0.2, 0.25) is 0 Å². The Kier molecular flexibility index (Phi) is 5.65. The zero-order chi connectivity index (χ0) is 18.4. The summed E-state index contributed by atoms with van der Waals surface area (Å²) in [5, 5.41) is 21.7. The van der Waals surface area contributed by atoms with Gasteiger partial charge in [0.05, 0.1) is 20.8 Å². The number of nitrogens with one attached hydrogen (secondary N) is 1. The van der Waals surface area contributed by atoms with E-state index in [0.717, 1.165) is 0 Å². The molecule has 1 N–H and O–H groups in total. The van der Waals surface area contributed by atoms with E-state index in [2.05, 4.69) is 5.32 Å². The molecule has 0 saturated carbocycles. The van der Waals surface area contributed by atoms with E-state index in [1.807, 2.05) is 13.0 Å². The fraction of sp³-hybridized carbons (Fsp3) is 0.222. The molecule has 0 radical (unpaired) electrons. The van der Waals surface area contributed by atoms with Gasteiger partial charge in [0.15, 0.2) is 11.6 Å². The van der Waals surface area contributed by atoms with Gasteiger partial charge in [0.25, 0.3) is 0 Å². The van der Waals surface area contributed by atoms with Gasteiger partial charge in [-0.15, -0.1) is 0 Å². The molecule has 0 bridgehead atoms. The lowest BCUT2D eigenvalue weighted by Gasteiger charge is -2.18. The van der Waals surface area contributed by atoms with E-state index in [9.17, 15) is 14.9 Å². The lowest BCUT2D eigenvalue weighted by Crippen LogP contribution is -2.05. The second-order valence-corrected chi connectivity index (χ2v) is 4.81. The summed E-state index contributed by atoms with van der Waals surface area (Å²) in [6.45, 7) is 2.36. The minimum absolute atomic E-state index is 0.00244. The topological polar surface area (TPSA) is 87.3 Å². The Hall–Kier alpha value is -3.45. The van der Waals surface area contributed by atoms with Crippen LogP contribution in [-0.2, 0) is 0 Å². The Morgan fingerprint density at radius 1 is 1.08 bits per heavy atom. The summed E-state index contributed by atoms with van der Waals surface area (Å²) in [5.74, 6) is -0.564. The minimum atomic E-state index is -0.938. The van der Waals surface area contributed by atoms with E-state index in [-0.39, 0.29) is 22.7 Å². The summed E-state index contributed by atoms with van der Waals surface area (Å²) in [4.78, 5) is 0. The number of nitrogens with zero attached hydrogens (tertiary/aromatic N) is 2. The molecule has 2 rings (SSSR count). The molecule has 0 amide bonds. The maximum Gasteiger partial charge on any atom is 0.200 e. The van der Waals surface area contributed by atoms with Gasteiger partial charge in [0.1, 0.15) is 34.7 Å². The number of hydrogen-bond acceptors (Lipinski definition) is 6. The highest BCUT2D eigenvalue weighted by molar-refractivity contribution is 5.80. The molecule has 0 aliphatic rings. The first-order chi connectivity index (χ1) is 12.1. The number of ether oxygens (including phenoxy) is 3. The average Bonchev–Trinajstić information content (AvgIpc) is 2.62. The highest BCUT2D eigenvalue weighted by atomic mass is 19.1. The first-order valence-electron chi connectivity index (χ1n) is 7.38. The normalized spacial score (nSPS) is 9.68. The van der Waals surface area contributed by atoms with Crippen molar-refractivity contribution in [2.24, 2.45) is 0 Å². The van der Waals surface area contributed by atoms with Gasteiger partial charge in [-0.05, 0) is 19.1 Å². The van der Waals surface area contributed by atoms with Gasteiger partial charge in [-0.25, -0.2) is 4.39 Å². The maximum atomic E-state index is 14.4. The van der Waals surface area contributed by atoms with Crippen molar-refractivity contribution in [1.29, 1.82) is 10.5 Å². The molecule has 0 saturated heterocycles. The number of methoxy groups -OCH3 is 2. The van der Waals surface area contributed by atoms with Crippen molar-refractivity contribution in [2.45, 2.75) is 6.92 Å². The average molecular weight is 341 g/mol. The number of hydrogen-bond donors (Lipinski definition) is 1. The third kappa shape index (κ3) is 3.41. The van der Waals surface area contributed by atoms with Crippen molar-refractivity contribution in [1.82, 2.24) is 0 Å². The highest BCUT2D eigenvalue weighted by Crippen LogP contribution is 2.43. The Labute approximate surface area is 145 Å². The van der Waals surface area contributed by atoms with E-state index < -0.39 is 11.4 Å². The minimum Gasteiger partial charge on any atom is -0.494 e. The van der Waals surface area contributed by atoms with Crippen LogP contribution in [0.25, 0.3) is 0 Å².